The molecular formula is C16H13N3O. The van der Waals surface area contributed by atoms with Gasteiger partial charge >= 0.3 is 0 Å². The summed E-state index contributed by atoms with van der Waals surface area (Å²) < 4.78 is 0. The predicted molar refractivity (Wildman–Crippen MR) is 77.3 cm³/mol. The van der Waals surface area contributed by atoms with E-state index >= 15 is 0 Å². The first-order chi connectivity index (χ1) is 9.79. The Morgan fingerprint density at radius 2 is 2.05 bits per heavy atom. The highest BCUT2D eigenvalue weighted by molar-refractivity contribution is 6.16. The monoisotopic (exact) mass is 263 g/mol. The number of benzene rings is 1. The average molecular weight is 263 g/mol. The Hall–Kier alpha value is -2.59. The van der Waals surface area contributed by atoms with E-state index < -0.39 is 0 Å². The Labute approximate surface area is 116 Å². The molecule has 0 fully saturated rings. The molecule has 0 saturated heterocycles. The number of aromatic nitrogens is 2. The smallest absolute Gasteiger partial charge is 0.193 e. The highest BCUT2D eigenvalue weighted by Crippen LogP contribution is 2.20. The maximum atomic E-state index is 12.6. The van der Waals surface area contributed by atoms with E-state index in [1.165, 1.54) is 0 Å². The lowest BCUT2D eigenvalue weighted by Gasteiger charge is -2.06. The van der Waals surface area contributed by atoms with Crippen molar-refractivity contribution in [3.63, 3.8) is 0 Å². The van der Waals surface area contributed by atoms with Gasteiger partial charge in [0.05, 0.1) is 5.69 Å². The quantitative estimate of drug-likeness (QED) is 0.736. The summed E-state index contributed by atoms with van der Waals surface area (Å²) in [5.41, 5.74) is 7.54. The van der Waals surface area contributed by atoms with Gasteiger partial charge in [0.1, 0.15) is 0 Å². The van der Waals surface area contributed by atoms with Crippen molar-refractivity contribution in [2.24, 2.45) is 5.73 Å². The van der Waals surface area contributed by atoms with E-state index in [0.29, 0.717) is 23.4 Å². The molecule has 3 rings (SSSR count). The molecule has 0 aliphatic heterocycles. The van der Waals surface area contributed by atoms with Gasteiger partial charge in [0, 0.05) is 41.6 Å². The predicted octanol–water partition coefficient (Wildman–Crippen LogP) is 2.32. The van der Waals surface area contributed by atoms with Crippen LogP contribution in [0, 0.1) is 0 Å². The van der Waals surface area contributed by atoms with Crippen molar-refractivity contribution < 1.29 is 4.79 Å². The molecule has 20 heavy (non-hydrogen) atoms. The molecule has 0 aliphatic rings. The molecule has 0 unspecified atom stereocenters. The van der Waals surface area contributed by atoms with Crippen LogP contribution in [0.2, 0.25) is 0 Å². The lowest BCUT2D eigenvalue weighted by Crippen LogP contribution is -2.06. The minimum atomic E-state index is -0.0288. The first-order valence-corrected chi connectivity index (χ1v) is 6.32. The van der Waals surface area contributed by atoms with Crippen molar-refractivity contribution in [2.75, 3.05) is 0 Å². The molecule has 1 aromatic carbocycles. The van der Waals surface area contributed by atoms with Crippen LogP contribution in [0.1, 0.15) is 21.6 Å². The Bertz CT molecular complexity index is 778. The Kier molecular flexibility index (Phi) is 3.23. The molecule has 0 amide bonds. The Balaban J connectivity index is 2.12. The molecule has 3 aromatic rings. The number of hydrogen-bond acceptors (Lipinski definition) is 4. The van der Waals surface area contributed by atoms with Gasteiger partial charge in [-0.1, -0.05) is 18.2 Å². The minimum Gasteiger partial charge on any atom is -0.325 e. The van der Waals surface area contributed by atoms with Gasteiger partial charge < -0.3 is 5.73 Å². The molecule has 0 saturated carbocycles. The second-order valence-electron chi connectivity index (χ2n) is 4.47. The minimum absolute atomic E-state index is 0.0288. The largest absolute Gasteiger partial charge is 0.325 e. The Morgan fingerprint density at radius 1 is 1.15 bits per heavy atom. The third kappa shape index (κ3) is 2.17. The number of ketones is 1. The number of nitrogens with two attached hydrogens (primary N) is 1. The number of carbonyl (C=O) groups excluding carboxylic acids is 1. The van der Waals surface area contributed by atoms with E-state index in [0.717, 1.165) is 10.8 Å². The number of fused-ring (bicyclic) bond motifs is 1. The number of nitrogens with zero attached hydrogens (tertiary/aromatic N) is 2. The summed E-state index contributed by atoms with van der Waals surface area (Å²) in [4.78, 5) is 20.8. The zero-order valence-corrected chi connectivity index (χ0v) is 10.8. The molecule has 98 valence electrons. The zero-order chi connectivity index (χ0) is 13.9. The number of hydrogen-bond donors (Lipinski definition) is 1. The van der Waals surface area contributed by atoms with Crippen LogP contribution in [0.25, 0.3) is 10.8 Å². The molecule has 0 atom stereocenters. The molecule has 0 aliphatic carbocycles. The lowest BCUT2D eigenvalue weighted by molar-refractivity contribution is 0.104. The van der Waals surface area contributed by atoms with Gasteiger partial charge in [0.15, 0.2) is 5.78 Å². The third-order valence-corrected chi connectivity index (χ3v) is 3.21. The van der Waals surface area contributed by atoms with E-state index in [2.05, 4.69) is 9.97 Å². The first kappa shape index (κ1) is 12.4. The van der Waals surface area contributed by atoms with Crippen molar-refractivity contribution in [3.05, 3.63) is 71.8 Å². The van der Waals surface area contributed by atoms with E-state index in [1.807, 2.05) is 24.3 Å². The lowest BCUT2D eigenvalue weighted by atomic mass is 9.98. The molecule has 0 spiro atoms. The molecule has 4 heteroatoms. The van der Waals surface area contributed by atoms with Crippen molar-refractivity contribution in [1.29, 1.82) is 0 Å². The van der Waals surface area contributed by atoms with Crippen LogP contribution in [0.5, 0.6) is 0 Å². The summed E-state index contributed by atoms with van der Waals surface area (Å²) in [5.74, 6) is -0.0288. The van der Waals surface area contributed by atoms with Crippen LogP contribution >= 0.6 is 0 Å². The molecule has 4 nitrogen and oxygen atoms in total. The highest BCUT2D eigenvalue weighted by Gasteiger charge is 2.12. The first-order valence-electron chi connectivity index (χ1n) is 6.32. The summed E-state index contributed by atoms with van der Waals surface area (Å²) in [6.07, 6.45) is 5.06. The van der Waals surface area contributed by atoms with Crippen LogP contribution in [-0.2, 0) is 6.54 Å². The third-order valence-electron chi connectivity index (χ3n) is 3.21. The second-order valence-corrected chi connectivity index (χ2v) is 4.47. The standard InChI is InChI=1S/C16H13N3O/c17-9-13-8-11(4-7-19-13)16(20)15-3-1-2-12-10-18-6-5-14(12)15/h1-8,10H,9,17H2. The van der Waals surface area contributed by atoms with Crippen LogP contribution < -0.4 is 5.73 Å². The zero-order valence-electron chi connectivity index (χ0n) is 10.8. The summed E-state index contributed by atoms with van der Waals surface area (Å²) in [6, 6.07) is 10.9. The number of carbonyl (C=O) groups is 1. The Morgan fingerprint density at radius 3 is 2.90 bits per heavy atom. The van der Waals surface area contributed by atoms with Crippen LogP contribution in [0.15, 0.2) is 55.0 Å². The van der Waals surface area contributed by atoms with Crippen molar-refractivity contribution in [1.82, 2.24) is 9.97 Å². The summed E-state index contributed by atoms with van der Waals surface area (Å²) >= 11 is 0. The second kappa shape index (κ2) is 5.19. The van der Waals surface area contributed by atoms with E-state index in [4.69, 9.17) is 5.73 Å². The fourth-order valence-electron chi connectivity index (χ4n) is 2.21. The highest BCUT2D eigenvalue weighted by atomic mass is 16.1. The van der Waals surface area contributed by atoms with Gasteiger partial charge in [-0.3, -0.25) is 14.8 Å². The average Bonchev–Trinajstić information content (AvgIpc) is 2.53. The molecule has 0 radical (unpaired) electrons. The number of pyridine rings is 2. The fourth-order valence-corrected chi connectivity index (χ4v) is 2.21. The van der Waals surface area contributed by atoms with E-state index in [-0.39, 0.29) is 5.78 Å². The van der Waals surface area contributed by atoms with E-state index in [1.54, 1.807) is 30.7 Å². The molecule has 2 heterocycles. The maximum absolute atomic E-state index is 12.6. The molecular weight excluding hydrogens is 250 g/mol. The number of rotatable bonds is 3. The normalized spacial score (nSPS) is 10.7. The van der Waals surface area contributed by atoms with Gasteiger partial charge in [0.2, 0.25) is 0 Å². The van der Waals surface area contributed by atoms with Crippen LogP contribution in [0.4, 0.5) is 0 Å². The van der Waals surface area contributed by atoms with Gasteiger partial charge in [-0.25, -0.2) is 0 Å². The topological polar surface area (TPSA) is 68.9 Å². The summed E-state index contributed by atoms with van der Waals surface area (Å²) in [6.45, 7) is 0.320. The van der Waals surface area contributed by atoms with Crippen LogP contribution in [0.3, 0.4) is 0 Å². The summed E-state index contributed by atoms with van der Waals surface area (Å²) in [5, 5.41) is 1.85. The fraction of sp³-hybridized carbons (Fsp3) is 0.0625. The van der Waals surface area contributed by atoms with Crippen LogP contribution in [-0.4, -0.2) is 15.8 Å². The molecule has 0 bridgehead atoms. The van der Waals surface area contributed by atoms with Gasteiger partial charge in [-0.2, -0.15) is 0 Å². The SMILES string of the molecule is NCc1cc(C(=O)c2cccc3cnccc23)ccn1. The van der Waals surface area contributed by atoms with E-state index in [9.17, 15) is 4.79 Å². The van der Waals surface area contributed by atoms with Gasteiger partial charge in [-0.15, -0.1) is 0 Å². The maximum Gasteiger partial charge on any atom is 0.193 e. The van der Waals surface area contributed by atoms with Crippen molar-refractivity contribution >= 4 is 16.6 Å². The van der Waals surface area contributed by atoms with Gasteiger partial charge in [-0.05, 0) is 23.6 Å². The molecule has 2 aromatic heterocycles. The van der Waals surface area contributed by atoms with Gasteiger partial charge in [0.25, 0.3) is 0 Å². The van der Waals surface area contributed by atoms with Crippen molar-refractivity contribution in [3.8, 4) is 0 Å². The molecule has 2 N–H and O–H groups in total. The van der Waals surface area contributed by atoms with Crippen molar-refractivity contribution in [2.45, 2.75) is 6.54 Å². The summed E-state index contributed by atoms with van der Waals surface area (Å²) in [7, 11) is 0.